The first-order valence-corrected chi connectivity index (χ1v) is 6.48. The number of carbonyl (C=O) groups excluding carboxylic acids is 1. The number of nitrogens with two attached hydrogens (primary N) is 1. The van der Waals surface area contributed by atoms with E-state index in [0.717, 1.165) is 0 Å². The number of hydrogen-bond acceptors (Lipinski definition) is 4. The van der Waals surface area contributed by atoms with Gasteiger partial charge in [-0.15, -0.1) is 0 Å². The molecule has 3 N–H and O–H groups in total. The molecule has 4 nitrogen and oxygen atoms in total. The van der Waals surface area contributed by atoms with Crippen molar-refractivity contribution in [3.05, 3.63) is 23.8 Å². The van der Waals surface area contributed by atoms with Crippen molar-refractivity contribution in [3.63, 3.8) is 0 Å². The Kier molecular flexibility index (Phi) is 3.35. The summed E-state index contributed by atoms with van der Waals surface area (Å²) in [5.41, 5.74) is 5.95. The Hall–Kier alpha value is -0.980. The molecule has 0 radical (unpaired) electrons. The van der Waals surface area contributed by atoms with E-state index in [1.807, 2.05) is 4.93 Å². The fourth-order valence-corrected chi connectivity index (χ4v) is 1.44. The van der Waals surface area contributed by atoms with E-state index < -0.39 is 27.6 Å². The fourth-order valence-electron chi connectivity index (χ4n) is 0.785. The molecule has 0 aliphatic heterocycles. The predicted molar refractivity (Wildman–Crippen MR) is 43.9 cm³/mol. The number of hydrogen-bond donors (Lipinski definition) is 2. The number of rotatable bonds is 2. The van der Waals surface area contributed by atoms with Crippen molar-refractivity contribution < 1.29 is 34.6 Å². The summed E-state index contributed by atoms with van der Waals surface area (Å²) in [6.07, 6.45) is 0. The van der Waals surface area contributed by atoms with Gasteiger partial charge in [-0.1, -0.05) is 0 Å². The minimum absolute atomic E-state index is 0.0937. The fraction of sp³-hybridized carbons (Fsp3) is 0.125. The summed E-state index contributed by atoms with van der Waals surface area (Å²) in [5, 5.41) is 9.19. The molecule has 13 heavy (non-hydrogen) atoms. The Morgan fingerprint density at radius 1 is 1.62 bits per heavy atom. The average molecular weight is 294 g/mol. The van der Waals surface area contributed by atoms with Crippen LogP contribution in [0, 0.1) is 0 Å². The van der Waals surface area contributed by atoms with Crippen LogP contribution in [0.5, 0.6) is 5.75 Å². The van der Waals surface area contributed by atoms with Gasteiger partial charge in [0.2, 0.25) is 0 Å². The van der Waals surface area contributed by atoms with Gasteiger partial charge in [0.25, 0.3) is 0 Å². The number of anilines is 1. The molecule has 0 spiro atoms. The van der Waals surface area contributed by atoms with Crippen molar-refractivity contribution in [3.8, 4) is 5.75 Å². The van der Waals surface area contributed by atoms with Gasteiger partial charge in [-0.25, -0.2) is 0 Å². The number of alkyl halides is 1. The topological polar surface area (TPSA) is 72.5 Å². The Morgan fingerprint density at radius 2 is 2.31 bits per heavy atom. The minimum atomic E-state index is -0.539. The van der Waals surface area contributed by atoms with Crippen LogP contribution in [-0.4, -0.2) is 16.0 Å². The first-order chi connectivity index (χ1) is 6.15. The second-order valence-electron chi connectivity index (χ2n) is 2.29. The van der Waals surface area contributed by atoms with E-state index in [-0.39, 0.29) is 11.4 Å². The van der Waals surface area contributed by atoms with E-state index >= 15 is 0 Å². The van der Waals surface area contributed by atoms with Crippen molar-refractivity contribution in [2.24, 2.45) is 0 Å². The van der Waals surface area contributed by atoms with E-state index in [4.69, 9.17) is 8.80 Å². The molecule has 1 rings (SSSR count). The molecule has 1 aromatic rings. The van der Waals surface area contributed by atoms with Gasteiger partial charge in [0.05, 0.1) is 0 Å². The van der Waals surface area contributed by atoms with Gasteiger partial charge >= 0.3 is 86.4 Å². The summed E-state index contributed by atoms with van der Waals surface area (Å²) in [7, 11) is 0. The van der Waals surface area contributed by atoms with Crippen LogP contribution in [0.15, 0.2) is 18.2 Å². The predicted octanol–water partition coefficient (Wildman–Crippen LogP) is -2.23. The molecule has 0 unspecified atom stereocenters. The van der Waals surface area contributed by atoms with Gasteiger partial charge < -0.3 is 0 Å². The van der Waals surface area contributed by atoms with Crippen molar-refractivity contribution in [1.82, 2.24) is 0 Å². The second kappa shape index (κ2) is 4.31. The SMILES string of the molecule is C[I-]OC(=O)c1ccc(N)c(O)c1. The van der Waals surface area contributed by atoms with E-state index in [1.165, 1.54) is 18.2 Å². The first kappa shape index (κ1) is 10.1. The van der Waals surface area contributed by atoms with Crippen LogP contribution >= 0.6 is 0 Å². The second-order valence-corrected chi connectivity index (χ2v) is 3.61. The summed E-state index contributed by atoms with van der Waals surface area (Å²) in [5.74, 6) is -0.505. The summed E-state index contributed by atoms with van der Waals surface area (Å²) >= 11 is -0.539. The average Bonchev–Trinajstić information content (AvgIpc) is 2.10. The number of phenolic OH excluding ortho intramolecular Hbond substituents is 1. The number of benzene rings is 1. The molecule has 1 aromatic carbocycles. The van der Waals surface area contributed by atoms with E-state index in [0.29, 0.717) is 5.56 Å². The van der Waals surface area contributed by atoms with Crippen molar-refractivity contribution in [1.29, 1.82) is 0 Å². The maximum absolute atomic E-state index is 11.2. The third-order valence-electron chi connectivity index (χ3n) is 1.41. The maximum atomic E-state index is 11.2. The van der Waals surface area contributed by atoms with Crippen molar-refractivity contribution in [2.75, 3.05) is 10.7 Å². The molecule has 0 heterocycles. The van der Waals surface area contributed by atoms with Crippen LogP contribution in [0.4, 0.5) is 5.69 Å². The molecule has 0 aliphatic rings. The third kappa shape index (κ3) is 2.48. The van der Waals surface area contributed by atoms with Gasteiger partial charge in [-0.3, -0.25) is 0 Å². The van der Waals surface area contributed by atoms with Crippen LogP contribution in [0.3, 0.4) is 0 Å². The van der Waals surface area contributed by atoms with Gasteiger partial charge in [-0.2, -0.15) is 0 Å². The van der Waals surface area contributed by atoms with Crippen LogP contribution in [0.1, 0.15) is 10.4 Å². The quantitative estimate of drug-likeness (QED) is 0.280. The summed E-state index contributed by atoms with van der Waals surface area (Å²) < 4.78 is 4.84. The molecule has 0 bridgehead atoms. The summed E-state index contributed by atoms with van der Waals surface area (Å²) in [6.45, 7) is 0. The summed E-state index contributed by atoms with van der Waals surface area (Å²) in [4.78, 5) is 13.0. The molecule has 5 heteroatoms. The molecular weight excluding hydrogens is 285 g/mol. The molecule has 0 atom stereocenters. The van der Waals surface area contributed by atoms with Crippen LogP contribution in [0.25, 0.3) is 0 Å². The number of halogens is 1. The van der Waals surface area contributed by atoms with Crippen LogP contribution in [0.2, 0.25) is 0 Å². The molecule has 0 saturated heterocycles. The monoisotopic (exact) mass is 294 g/mol. The molecule has 0 aliphatic carbocycles. The Labute approximate surface area is 86.5 Å². The number of aromatic hydroxyl groups is 1. The van der Waals surface area contributed by atoms with Gasteiger partial charge in [0, 0.05) is 0 Å². The van der Waals surface area contributed by atoms with Crippen LogP contribution in [-0.2, 0) is 3.07 Å². The zero-order valence-electron chi connectivity index (χ0n) is 6.95. The van der Waals surface area contributed by atoms with E-state index in [2.05, 4.69) is 0 Å². The Balaban J connectivity index is 2.90. The normalized spacial score (nSPS) is 9.92. The summed E-state index contributed by atoms with van der Waals surface area (Å²) in [6, 6.07) is 4.30. The molecule has 72 valence electrons. The first-order valence-electron chi connectivity index (χ1n) is 3.44. The van der Waals surface area contributed by atoms with Crippen LogP contribution < -0.4 is 27.4 Å². The van der Waals surface area contributed by atoms with Crippen molar-refractivity contribution >= 4 is 11.7 Å². The zero-order valence-corrected chi connectivity index (χ0v) is 9.11. The molecule has 0 aromatic heterocycles. The van der Waals surface area contributed by atoms with Gasteiger partial charge in [0.15, 0.2) is 0 Å². The van der Waals surface area contributed by atoms with E-state index in [9.17, 15) is 9.90 Å². The standard InChI is InChI=1S/C8H9INO3/c1-9-13-8(12)5-2-3-6(10)7(11)4-5/h2-4,11H,10H2,1H3/q-1. The van der Waals surface area contributed by atoms with Gasteiger partial charge in [-0.05, 0) is 0 Å². The zero-order chi connectivity index (χ0) is 9.84. The molecule has 0 saturated carbocycles. The molecular formula is C8H9INO3-. The number of nitrogen functional groups attached to an aromatic ring is 1. The number of phenols is 1. The number of carbonyl (C=O) groups is 1. The Bertz CT molecular complexity index is 327. The van der Waals surface area contributed by atoms with Gasteiger partial charge in [0.1, 0.15) is 0 Å². The van der Waals surface area contributed by atoms with Crippen molar-refractivity contribution in [2.45, 2.75) is 0 Å². The van der Waals surface area contributed by atoms with E-state index in [1.54, 1.807) is 0 Å². The third-order valence-corrected chi connectivity index (χ3v) is 2.25. The molecule has 0 amide bonds. The molecule has 0 fully saturated rings. The Morgan fingerprint density at radius 3 is 2.85 bits per heavy atom.